The van der Waals surface area contributed by atoms with E-state index in [2.05, 4.69) is 20.3 Å². The van der Waals surface area contributed by atoms with Gasteiger partial charge < -0.3 is 5.32 Å². The zero-order valence-electron chi connectivity index (χ0n) is 13.4. The summed E-state index contributed by atoms with van der Waals surface area (Å²) < 4.78 is 0. The zero-order valence-corrected chi connectivity index (χ0v) is 14.2. The van der Waals surface area contributed by atoms with E-state index in [0.29, 0.717) is 11.1 Å². The van der Waals surface area contributed by atoms with E-state index >= 15 is 0 Å². The van der Waals surface area contributed by atoms with Crippen molar-refractivity contribution in [1.29, 1.82) is 0 Å². The monoisotopic (exact) mass is 346 g/mol. The molecule has 0 bridgehead atoms. The van der Waals surface area contributed by atoms with Crippen molar-refractivity contribution in [3.05, 3.63) is 70.8 Å². The van der Waals surface area contributed by atoms with Crippen LogP contribution in [0.1, 0.15) is 15.4 Å². The lowest BCUT2D eigenvalue weighted by Crippen LogP contribution is -2.12. The Hall–Kier alpha value is -3.12. The molecule has 0 spiro atoms. The molecule has 122 valence electrons. The predicted molar refractivity (Wildman–Crippen MR) is 99.8 cm³/mol. The SMILES string of the molecule is Cc1nc(-c2ccccc2NC(=O)c2ccc3nccnc3c2)cs1. The number of fused-ring (bicyclic) bond motifs is 1. The van der Waals surface area contributed by atoms with Crippen LogP contribution < -0.4 is 5.32 Å². The third-order valence-electron chi connectivity index (χ3n) is 3.80. The van der Waals surface area contributed by atoms with Crippen molar-refractivity contribution < 1.29 is 4.79 Å². The van der Waals surface area contributed by atoms with Gasteiger partial charge in [-0.05, 0) is 31.2 Å². The molecular weight excluding hydrogens is 332 g/mol. The van der Waals surface area contributed by atoms with E-state index in [-0.39, 0.29) is 5.91 Å². The number of hydrogen-bond acceptors (Lipinski definition) is 5. The van der Waals surface area contributed by atoms with Gasteiger partial charge in [0.05, 0.1) is 27.4 Å². The number of aromatic nitrogens is 3. The minimum absolute atomic E-state index is 0.188. The highest BCUT2D eigenvalue weighted by Gasteiger charge is 2.12. The van der Waals surface area contributed by atoms with Crippen LogP contribution in [-0.2, 0) is 0 Å². The van der Waals surface area contributed by atoms with Crippen LogP contribution in [0.15, 0.2) is 60.2 Å². The van der Waals surface area contributed by atoms with Gasteiger partial charge >= 0.3 is 0 Å². The van der Waals surface area contributed by atoms with Gasteiger partial charge in [-0.15, -0.1) is 11.3 Å². The Morgan fingerprint density at radius 3 is 2.64 bits per heavy atom. The number of anilines is 1. The molecule has 6 heteroatoms. The van der Waals surface area contributed by atoms with Crippen molar-refractivity contribution in [2.45, 2.75) is 6.92 Å². The van der Waals surface area contributed by atoms with E-state index in [1.807, 2.05) is 36.6 Å². The van der Waals surface area contributed by atoms with E-state index in [0.717, 1.165) is 27.5 Å². The molecule has 0 fully saturated rings. The second-order valence-corrected chi connectivity index (χ2v) is 6.57. The Labute approximate surface area is 148 Å². The van der Waals surface area contributed by atoms with Gasteiger partial charge in [0.2, 0.25) is 0 Å². The predicted octanol–water partition coefficient (Wildman–Crippen LogP) is 4.31. The first-order valence-electron chi connectivity index (χ1n) is 7.74. The molecule has 2 heterocycles. The van der Waals surface area contributed by atoms with Crippen LogP contribution in [0.3, 0.4) is 0 Å². The Bertz CT molecular complexity index is 1070. The van der Waals surface area contributed by atoms with Gasteiger partial charge in [-0.3, -0.25) is 14.8 Å². The highest BCUT2D eigenvalue weighted by Crippen LogP contribution is 2.29. The van der Waals surface area contributed by atoms with Crippen molar-refractivity contribution in [3.8, 4) is 11.3 Å². The molecule has 2 aromatic carbocycles. The Morgan fingerprint density at radius 1 is 1.04 bits per heavy atom. The number of carbonyl (C=O) groups is 1. The molecule has 0 atom stereocenters. The van der Waals surface area contributed by atoms with Crippen LogP contribution in [-0.4, -0.2) is 20.9 Å². The number of para-hydroxylation sites is 1. The molecule has 0 aliphatic rings. The van der Waals surface area contributed by atoms with Gasteiger partial charge in [0.15, 0.2) is 0 Å². The van der Waals surface area contributed by atoms with Gasteiger partial charge in [0.1, 0.15) is 0 Å². The molecule has 5 nitrogen and oxygen atoms in total. The molecule has 1 amide bonds. The summed E-state index contributed by atoms with van der Waals surface area (Å²) in [5.41, 5.74) is 4.49. The smallest absolute Gasteiger partial charge is 0.255 e. The largest absolute Gasteiger partial charge is 0.321 e. The molecule has 0 aliphatic carbocycles. The molecule has 25 heavy (non-hydrogen) atoms. The summed E-state index contributed by atoms with van der Waals surface area (Å²) in [5.74, 6) is -0.188. The van der Waals surface area contributed by atoms with Gasteiger partial charge in [0, 0.05) is 28.9 Å². The topological polar surface area (TPSA) is 67.8 Å². The van der Waals surface area contributed by atoms with Crippen molar-refractivity contribution in [3.63, 3.8) is 0 Å². The molecule has 0 saturated carbocycles. The Morgan fingerprint density at radius 2 is 1.84 bits per heavy atom. The lowest BCUT2D eigenvalue weighted by atomic mass is 10.1. The average molecular weight is 346 g/mol. The number of amides is 1. The number of thiazole rings is 1. The minimum Gasteiger partial charge on any atom is -0.321 e. The standard InChI is InChI=1S/C19H14N4OS/c1-12-22-18(11-25-12)14-4-2-3-5-15(14)23-19(24)13-6-7-16-17(10-13)21-9-8-20-16/h2-11H,1H3,(H,23,24). The summed E-state index contributed by atoms with van der Waals surface area (Å²) >= 11 is 1.59. The first kappa shape index (κ1) is 15.4. The van der Waals surface area contributed by atoms with Crippen molar-refractivity contribution in [2.75, 3.05) is 5.32 Å². The summed E-state index contributed by atoms with van der Waals surface area (Å²) in [5, 5.41) is 5.96. The number of nitrogens with zero attached hydrogens (tertiary/aromatic N) is 3. The molecule has 0 radical (unpaired) electrons. The van der Waals surface area contributed by atoms with E-state index in [1.165, 1.54) is 0 Å². The number of aryl methyl sites for hydroxylation is 1. The number of hydrogen-bond donors (Lipinski definition) is 1. The van der Waals surface area contributed by atoms with E-state index in [1.54, 1.807) is 41.9 Å². The summed E-state index contributed by atoms with van der Waals surface area (Å²) in [6.45, 7) is 1.96. The maximum absolute atomic E-state index is 12.7. The summed E-state index contributed by atoms with van der Waals surface area (Å²) in [6.07, 6.45) is 3.25. The summed E-state index contributed by atoms with van der Waals surface area (Å²) in [4.78, 5) is 25.6. The highest BCUT2D eigenvalue weighted by molar-refractivity contribution is 7.09. The molecular formula is C19H14N4OS. The van der Waals surface area contributed by atoms with Crippen LogP contribution in [0.5, 0.6) is 0 Å². The molecule has 2 aromatic heterocycles. The number of benzene rings is 2. The quantitative estimate of drug-likeness (QED) is 0.600. The van der Waals surface area contributed by atoms with Crippen LogP contribution in [0, 0.1) is 6.92 Å². The number of carbonyl (C=O) groups excluding carboxylic acids is 1. The van der Waals surface area contributed by atoms with Gasteiger partial charge in [-0.1, -0.05) is 18.2 Å². The van der Waals surface area contributed by atoms with Crippen molar-refractivity contribution in [1.82, 2.24) is 15.0 Å². The third kappa shape index (κ3) is 3.12. The van der Waals surface area contributed by atoms with Gasteiger partial charge in [-0.2, -0.15) is 0 Å². The van der Waals surface area contributed by atoms with E-state index in [9.17, 15) is 4.79 Å². The molecule has 0 saturated heterocycles. The summed E-state index contributed by atoms with van der Waals surface area (Å²) in [7, 11) is 0. The van der Waals surface area contributed by atoms with Gasteiger partial charge in [-0.25, -0.2) is 4.98 Å². The third-order valence-corrected chi connectivity index (χ3v) is 4.58. The Balaban J connectivity index is 1.66. The van der Waals surface area contributed by atoms with Crippen LogP contribution in [0.2, 0.25) is 0 Å². The maximum atomic E-state index is 12.7. The van der Waals surface area contributed by atoms with E-state index in [4.69, 9.17) is 0 Å². The number of nitrogens with one attached hydrogen (secondary N) is 1. The summed E-state index contributed by atoms with van der Waals surface area (Å²) in [6, 6.07) is 13.0. The second-order valence-electron chi connectivity index (χ2n) is 5.51. The molecule has 0 unspecified atom stereocenters. The molecule has 1 N–H and O–H groups in total. The molecule has 4 aromatic rings. The van der Waals surface area contributed by atoms with Crippen LogP contribution in [0.4, 0.5) is 5.69 Å². The Kier molecular flexibility index (Phi) is 3.95. The molecule has 4 rings (SSSR count). The fourth-order valence-corrected chi connectivity index (χ4v) is 3.21. The normalized spacial score (nSPS) is 10.8. The molecule has 0 aliphatic heterocycles. The van der Waals surface area contributed by atoms with Crippen LogP contribution in [0.25, 0.3) is 22.3 Å². The maximum Gasteiger partial charge on any atom is 0.255 e. The van der Waals surface area contributed by atoms with Crippen LogP contribution >= 0.6 is 11.3 Å². The highest BCUT2D eigenvalue weighted by atomic mass is 32.1. The average Bonchev–Trinajstić information content (AvgIpc) is 3.08. The van der Waals surface area contributed by atoms with Gasteiger partial charge in [0.25, 0.3) is 5.91 Å². The minimum atomic E-state index is -0.188. The first-order chi connectivity index (χ1) is 12.2. The van der Waals surface area contributed by atoms with E-state index < -0.39 is 0 Å². The second kappa shape index (κ2) is 6.41. The fraction of sp³-hybridized carbons (Fsp3) is 0.0526. The lowest BCUT2D eigenvalue weighted by molar-refractivity contribution is 0.102. The lowest BCUT2D eigenvalue weighted by Gasteiger charge is -2.10. The van der Waals surface area contributed by atoms with Crippen molar-refractivity contribution in [2.24, 2.45) is 0 Å². The zero-order chi connectivity index (χ0) is 17.2. The van der Waals surface area contributed by atoms with Crippen molar-refractivity contribution >= 4 is 34.0 Å². The first-order valence-corrected chi connectivity index (χ1v) is 8.62. The fourth-order valence-electron chi connectivity index (χ4n) is 2.60. The number of rotatable bonds is 3.